The highest BCUT2D eigenvalue weighted by molar-refractivity contribution is 5.86. The minimum atomic E-state index is -1.11. The van der Waals surface area contributed by atoms with Gasteiger partial charge in [0, 0.05) is 18.2 Å². The minimum Gasteiger partial charge on any atom is -0.389 e. The zero-order chi connectivity index (χ0) is 20.0. The number of pyridine rings is 1. The molecular weight excluding hydrogens is 432 g/mol. The first-order chi connectivity index (χ1) is 13.5. The minimum absolute atomic E-state index is 0. The highest BCUT2D eigenvalue weighted by atomic mass is 35.5. The number of nitrogens with zero attached hydrogens (tertiary/aromatic N) is 4. The summed E-state index contributed by atoms with van der Waals surface area (Å²) in [6, 6.07) is 7.01. The van der Waals surface area contributed by atoms with E-state index in [9.17, 15) is 9.18 Å². The summed E-state index contributed by atoms with van der Waals surface area (Å²) >= 11 is 0. The Kier molecular flexibility index (Phi) is 10.5. The quantitative estimate of drug-likeness (QED) is 0.659. The topological polar surface area (TPSA) is 90.6 Å². The Balaban J connectivity index is 0.00000225. The van der Waals surface area contributed by atoms with Crippen molar-refractivity contribution in [3.63, 3.8) is 0 Å². The molecule has 0 aromatic carbocycles. The maximum atomic E-state index is 13.5. The molecule has 1 saturated carbocycles. The van der Waals surface area contributed by atoms with Crippen LogP contribution in [-0.2, 0) is 16.2 Å². The Morgan fingerprint density at radius 3 is 2.80 bits per heavy atom. The van der Waals surface area contributed by atoms with Gasteiger partial charge in [-0.3, -0.25) is 9.78 Å². The summed E-state index contributed by atoms with van der Waals surface area (Å²) in [6.45, 7) is 2.55. The molecule has 2 unspecified atom stereocenters. The van der Waals surface area contributed by atoms with Gasteiger partial charge in [-0.25, -0.2) is 4.39 Å². The molecule has 1 aliphatic carbocycles. The number of aromatic nitrogens is 1. The van der Waals surface area contributed by atoms with Crippen LogP contribution < -0.4 is 5.32 Å². The van der Waals surface area contributed by atoms with E-state index in [2.05, 4.69) is 22.4 Å². The van der Waals surface area contributed by atoms with E-state index in [0.717, 1.165) is 37.1 Å². The lowest BCUT2D eigenvalue weighted by atomic mass is 9.82. The third-order valence-electron chi connectivity index (χ3n) is 5.45. The number of halogens is 3. The van der Waals surface area contributed by atoms with Gasteiger partial charge in [-0.1, -0.05) is 11.2 Å². The number of oxime groups is 1. The van der Waals surface area contributed by atoms with Crippen LogP contribution in [0.4, 0.5) is 4.39 Å². The molecule has 10 heteroatoms. The zero-order valence-corrected chi connectivity index (χ0v) is 18.6. The van der Waals surface area contributed by atoms with E-state index >= 15 is 0 Å². The van der Waals surface area contributed by atoms with Gasteiger partial charge in [0.2, 0.25) is 5.91 Å². The maximum absolute atomic E-state index is 13.5. The van der Waals surface area contributed by atoms with Crippen molar-refractivity contribution in [2.24, 2.45) is 5.16 Å². The molecule has 30 heavy (non-hydrogen) atoms. The van der Waals surface area contributed by atoms with E-state index in [0.29, 0.717) is 6.61 Å². The summed E-state index contributed by atoms with van der Waals surface area (Å²) in [7, 11) is 0. The molecule has 1 aromatic heterocycles. The number of hydrogen-bond acceptors (Lipinski definition) is 6. The Bertz CT molecular complexity index is 749. The van der Waals surface area contributed by atoms with Crippen LogP contribution in [0.15, 0.2) is 29.6 Å². The lowest BCUT2D eigenvalue weighted by Gasteiger charge is -2.35. The number of nitriles is 1. The molecule has 1 amide bonds. The summed E-state index contributed by atoms with van der Waals surface area (Å²) < 4.78 is 13.5. The van der Waals surface area contributed by atoms with E-state index in [1.54, 1.807) is 6.20 Å². The van der Waals surface area contributed by atoms with E-state index < -0.39 is 12.2 Å². The van der Waals surface area contributed by atoms with Crippen LogP contribution in [0.2, 0.25) is 0 Å². The Labute approximate surface area is 188 Å². The molecule has 2 atom stereocenters. The van der Waals surface area contributed by atoms with Gasteiger partial charge in [-0.15, -0.1) is 24.8 Å². The summed E-state index contributed by atoms with van der Waals surface area (Å²) in [5.41, 5.74) is 1.65. The predicted molar refractivity (Wildman–Crippen MR) is 116 cm³/mol. The Morgan fingerprint density at radius 1 is 1.43 bits per heavy atom. The number of carbonyl (C=O) groups excluding carboxylic acids is 1. The van der Waals surface area contributed by atoms with Gasteiger partial charge in [-0.05, 0) is 44.7 Å². The van der Waals surface area contributed by atoms with Gasteiger partial charge in [0.1, 0.15) is 12.2 Å². The van der Waals surface area contributed by atoms with Crippen molar-refractivity contribution in [1.82, 2.24) is 15.2 Å². The molecule has 1 aliphatic heterocycles. The van der Waals surface area contributed by atoms with Gasteiger partial charge >= 0.3 is 0 Å². The van der Waals surface area contributed by atoms with Gasteiger partial charge in [0.25, 0.3) is 0 Å². The van der Waals surface area contributed by atoms with Crippen molar-refractivity contribution in [2.45, 2.75) is 63.4 Å². The second-order valence-electron chi connectivity index (χ2n) is 7.69. The summed E-state index contributed by atoms with van der Waals surface area (Å²) in [5.74, 6) is -0.217. The Hall–Kier alpha value is -1.95. The Morgan fingerprint density at radius 2 is 2.17 bits per heavy atom. The van der Waals surface area contributed by atoms with Crippen LogP contribution in [0.25, 0.3) is 0 Å². The van der Waals surface area contributed by atoms with Crippen LogP contribution in [-0.4, -0.2) is 52.3 Å². The van der Waals surface area contributed by atoms with Gasteiger partial charge in [-0.2, -0.15) is 5.26 Å². The first-order valence-electron chi connectivity index (χ1n) is 9.65. The van der Waals surface area contributed by atoms with Crippen molar-refractivity contribution >= 4 is 36.4 Å². The van der Waals surface area contributed by atoms with Crippen LogP contribution in [0.3, 0.4) is 0 Å². The molecule has 0 spiro atoms. The number of likely N-dealkylation sites (tertiary alicyclic amines) is 1. The number of rotatable bonds is 6. The molecule has 166 valence electrons. The number of carbonyl (C=O) groups is 1. The van der Waals surface area contributed by atoms with Gasteiger partial charge in [0.05, 0.1) is 30.6 Å². The first-order valence-corrected chi connectivity index (χ1v) is 9.65. The summed E-state index contributed by atoms with van der Waals surface area (Å²) in [6.07, 6.45) is 3.97. The molecule has 1 N–H and O–H groups in total. The number of alkyl halides is 1. The third-order valence-corrected chi connectivity index (χ3v) is 5.45. The van der Waals surface area contributed by atoms with E-state index in [1.807, 2.05) is 24.3 Å². The lowest BCUT2D eigenvalue weighted by molar-refractivity contribution is -0.130. The fourth-order valence-electron chi connectivity index (χ4n) is 3.60. The predicted octanol–water partition coefficient (Wildman–Crippen LogP) is 3.18. The average molecular weight is 460 g/mol. The second kappa shape index (κ2) is 12.0. The zero-order valence-electron chi connectivity index (χ0n) is 16.9. The number of nitrogens with one attached hydrogen (secondary N) is 1. The van der Waals surface area contributed by atoms with Crippen molar-refractivity contribution in [3.05, 3.63) is 30.1 Å². The summed E-state index contributed by atoms with van der Waals surface area (Å²) in [4.78, 5) is 23.3. The second-order valence-corrected chi connectivity index (χ2v) is 7.69. The molecule has 2 fully saturated rings. The van der Waals surface area contributed by atoms with Crippen molar-refractivity contribution in [2.75, 3.05) is 13.1 Å². The van der Waals surface area contributed by atoms with Crippen molar-refractivity contribution < 1.29 is 14.0 Å². The molecule has 1 aromatic rings. The van der Waals surface area contributed by atoms with Crippen LogP contribution >= 0.6 is 24.8 Å². The largest absolute Gasteiger partial charge is 0.389 e. The van der Waals surface area contributed by atoms with Crippen molar-refractivity contribution in [1.29, 1.82) is 5.26 Å². The maximum Gasteiger partial charge on any atom is 0.237 e. The molecule has 1 saturated heterocycles. The van der Waals surface area contributed by atoms with Gasteiger partial charge in [0.15, 0.2) is 6.61 Å². The smallest absolute Gasteiger partial charge is 0.237 e. The third kappa shape index (κ3) is 7.08. The molecule has 3 rings (SSSR count). The molecular formula is C20H28Cl2FN5O2. The average Bonchev–Trinajstić information content (AvgIpc) is 3.10. The fourth-order valence-corrected chi connectivity index (χ4v) is 3.60. The number of hydrogen-bond donors (Lipinski definition) is 1. The van der Waals surface area contributed by atoms with E-state index in [1.165, 1.54) is 4.90 Å². The fraction of sp³-hybridized carbons (Fsp3) is 0.600. The van der Waals surface area contributed by atoms with E-state index in [4.69, 9.17) is 10.1 Å². The molecule has 2 aliphatic rings. The van der Waals surface area contributed by atoms with Crippen LogP contribution in [0, 0.1) is 11.3 Å². The molecule has 7 nitrogen and oxygen atoms in total. The van der Waals surface area contributed by atoms with E-state index in [-0.39, 0.29) is 55.8 Å². The molecule has 0 radical (unpaired) electrons. The van der Waals surface area contributed by atoms with Crippen LogP contribution in [0.5, 0.6) is 0 Å². The SMILES string of the molecule is CC1(NCC(=O)N2CC(F)CC2C#N)CCC(=NOCc2ccccn2)CC1.Cl.Cl. The molecule has 2 heterocycles. The van der Waals surface area contributed by atoms with Crippen molar-refractivity contribution in [3.8, 4) is 6.07 Å². The monoisotopic (exact) mass is 459 g/mol. The normalized spacial score (nSPS) is 25.5. The highest BCUT2D eigenvalue weighted by Crippen LogP contribution is 2.27. The highest BCUT2D eigenvalue weighted by Gasteiger charge is 2.36. The first kappa shape index (κ1) is 26.1. The summed E-state index contributed by atoms with van der Waals surface area (Å²) in [5, 5.41) is 16.6. The molecule has 0 bridgehead atoms. The number of amides is 1. The van der Waals surface area contributed by atoms with Gasteiger partial charge < -0.3 is 15.1 Å². The lowest BCUT2D eigenvalue weighted by Crippen LogP contribution is -2.50. The van der Waals surface area contributed by atoms with Crippen LogP contribution in [0.1, 0.15) is 44.7 Å². The standard InChI is InChI=1S/C20H26FN5O2.2ClH/c1-20(24-12-19(27)26-13-15(21)10-18(26)11-22)7-5-16(6-8-20)25-28-14-17-4-2-3-9-23-17;;/h2-4,9,15,18,24H,5-8,10,12-14H2,1H3;2*1H.